The molecule has 0 unspecified atom stereocenters. The van der Waals surface area contributed by atoms with Crippen LogP contribution >= 0.6 is 0 Å². The van der Waals surface area contributed by atoms with E-state index < -0.39 is 18.1 Å². The van der Waals surface area contributed by atoms with Crippen LogP contribution in [0.1, 0.15) is 129 Å². The second kappa shape index (κ2) is 21.9. The van der Waals surface area contributed by atoms with E-state index in [0.717, 1.165) is 19.3 Å². The minimum Gasteiger partial charge on any atom is -0.480 e. The lowest BCUT2D eigenvalue weighted by molar-refractivity contribution is -0.144. The number of carbonyl (C=O) groups is 2. The molecule has 0 aliphatic heterocycles. The molecule has 1 amide bonds. The highest BCUT2D eigenvalue weighted by Crippen LogP contribution is 2.12. The van der Waals surface area contributed by atoms with Crippen LogP contribution in [0.3, 0.4) is 0 Å². The van der Waals surface area contributed by atoms with Gasteiger partial charge in [0.25, 0.3) is 0 Å². The third-order valence-corrected chi connectivity index (χ3v) is 5.73. The zero-order valence-electron chi connectivity index (χ0n) is 20.2. The topological polar surface area (TPSA) is 86.6 Å². The van der Waals surface area contributed by atoms with E-state index in [1.54, 1.807) is 0 Å². The fourth-order valence-electron chi connectivity index (χ4n) is 3.70. The fourth-order valence-corrected chi connectivity index (χ4v) is 3.70. The van der Waals surface area contributed by atoms with Crippen molar-refractivity contribution >= 4 is 11.9 Å². The molecular formula is C26H49NO4. The van der Waals surface area contributed by atoms with E-state index in [2.05, 4.69) is 24.4 Å². The van der Waals surface area contributed by atoms with Gasteiger partial charge in [-0.05, 0) is 39.0 Å². The minimum absolute atomic E-state index is 0.299. The van der Waals surface area contributed by atoms with Crippen LogP contribution in [0.15, 0.2) is 12.2 Å². The molecule has 0 spiro atoms. The van der Waals surface area contributed by atoms with Crippen LogP contribution < -0.4 is 5.32 Å². The van der Waals surface area contributed by atoms with Crippen molar-refractivity contribution in [2.75, 3.05) is 0 Å². The summed E-state index contributed by atoms with van der Waals surface area (Å²) in [5.41, 5.74) is 0. The average molecular weight is 440 g/mol. The van der Waals surface area contributed by atoms with Crippen molar-refractivity contribution < 1.29 is 19.8 Å². The highest BCUT2D eigenvalue weighted by molar-refractivity contribution is 5.83. The summed E-state index contributed by atoms with van der Waals surface area (Å²) >= 11 is 0. The summed E-state index contributed by atoms with van der Waals surface area (Å²) in [6.07, 6.45) is 25.2. The molecule has 0 aliphatic carbocycles. The molecule has 0 aromatic rings. The summed E-state index contributed by atoms with van der Waals surface area (Å²) in [5, 5.41) is 20.7. The number of carbonyl (C=O) groups excluding carboxylic acids is 1. The maximum Gasteiger partial charge on any atom is 0.328 e. The van der Waals surface area contributed by atoms with Gasteiger partial charge in [-0.15, -0.1) is 0 Å². The largest absolute Gasteiger partial charge is 0.480 e. The standard InChI is InChI=1S/C26H49NO4/c1-3-4-5-6-7-8-9-10-11-12-13-14-15-16-17-18-19-20-21-22-24(29)27-25(23(2)28)26(30)31/h12-13,23,25,28H,3-11,14-22H2,1-2H3,(H,27,29)(H,30,31)/b13-12-/t23-,25+/m1/s1. The number of allylic oxidation sites excluding steroid dienone is 2. The highest BCUT2D eigenvalue weighted by atomic mass is 16.4. The molecule has 5 heteroatoms. The Morgan fingerprint density at radius 2 is 1.16 bits per heavy atom. The predicted octanol–water partition coefficient (Wildman–Crippen LogP) is 6.53. The summed E-state index contributed by atoms with van der Waals surface area (Å²) in [6.45, 7) is 3.63. The van der Waals surface area contributed by atoms with Gasteiger partial charge in [-0.3, -0.25) is 4.79 Å². The monoisotopic (exact) mass is 439 g/mol. The number of aliphatic hydroxyl groups excluding tert-OH is 1. The van der Waals surface area contributed by atoms with Gasteiger partial charge in [0, 0.05) is 6.42 Å². The van der Waals surface area contributed by atoms with Crippen LogP contribution in [0, 0.1) is 0 Å². The molecule has 0 aromatic carbocycles. The van der Waals surface area contributed by atoms with Crippen molar-refractivity contribution in [3.8, 4) is 0 Å². The second-order valence-corrected chi connectivity index (χ2v) is 8.87. The predicted molar refractivity (Wildman–Crippen MR) is 129 cm³/mol. The van der Waals surface area contributed by atoms with Crippen LogP contribution in [-0.4, -0.2) is 34.2 Å². The summed E-state index contributed by atoms with van der Waals surface area (Å²) in [6, 6.07) is -1.22. The van der Waals surface area contributed by atoms with E-state index in [-0.39, 0.29) is 5.91 Å². The van der Waals surface area contributed by atoms with Crippen molar-refractivity contribution in [2.24, 2.45) is 0 Å². The zero-order valence-corrected chi connectivity index (χ0v) is 20.2. The molecule has 0 radical (unpaired) electrons. The van der Waals surface area contributed by atoms with Gasteiger partial charge in [-0.1, -0.05) is 96.1 Å². The van der Waals surface area contributed by atoms with Crippen LogP contribution in [0.5, 0.6) is 0 Å². The maximum atomic E-state index is 11.8. The quantitative estimate of drug-likeness (QED) is 0.132. The van der Waals surface area contributed by atoms with Crippen molar-refractivity contribution in [2.45, 2.75) is 142 Å². The first-order chi connectivity index (χ1) is 15.0. The fraction of sp³-hybridized carbons (Fsp3) is 0.846. The minimum atomic E-state index is -1.22. The van der Waals surface area contributed by atoms with E-state index in [9.17, 15) is 14.7 Å². The number of hydrogen-bond acceptors (Lipinski definition) is 3. The lowest BCUT2D eigenvalue weighted by Gasteiger charge is -2.16. The molecule has 0 fully saturated rings. The summed E-state index contributed by atoms with van der Waals surface area (Å²) < 4.78 is 0. The van der Waals surface area contributed by atoms with Crippen molar-refractivity contribution in [3.63, 3.8) is 0 Å². The number of aliphatic hydroxyl groups is 1. The molecular weight excluding hydrogens is 390 g/mol. The average Bonchev–Trinajstić information content (AvgIpc) is 2.73. The number of unbranched alkanes of at least 4 members (excludes halogenated alkanes) is 15. The van der Waals surface area contributed by atoms with Gasteiger partial charge in [0.05, 0.1) is 6.10 Å². The van der Waals surface area contributed by atoms with Crippen LogP contribution in [0.4, 0.5) is 0 Å². The Bertz CT molecular complexity index is 462. The van der Waals surface area contributed by atoms with Crippen molar-refractivity contribution in [1.82, 2.24) is 5.32 Å². The Balaban J connectivity index is 3.36. The molecule has 0 saturated carbocycles. The molecule has 2 atom stereocenters. The molecule has 0 aliphatic rings. The third-order valence-electron chi connectivity index (χ3n) is 5.73. The SMILES string of the molecule is CCCCCCCCCC/C=C\CCCCCCCCCC(=O)N[C@H](C(=O)O)[C@@H](C)O. The lowest BCUT2D eigenvalue weighted by atomic mass is 10.1. The summed E-state index contributed by atoms with van der Waals surface area (Å²) in [4.78, 5) is 22.7. The summed E-state index contributed by atoms with van der Waals surface area (Å²) in [5.74, 6) is -1.50. The molecule has 0 rings (SSSR count). The first-order valence-corrected chi connectivity index (χ1v) is 12.8. The van der Waals surface area contributed by atoms with Gasteiger partial charge in [0.15, 0.2) is 6.04 Å². The van der Waals surface area contributed by atoms with Gasteiger partial charge >= 0.3 is 5.97 Å². The molecule has 3 N–H and O–H groups in total. The van der Waals surface area contributed by atoms with Gasteiger partial charge in [-0.25, -0.2) is 4.79 Å². The molecule has 182 valence electrons. The van der Waals surface area contributed by atoms with E-state index in [1.807, 2.05) is 0 Å². The van der Waals surface area contributed by atoms with Crippen LogP contribution in [-0.2, 0) is 9.59 Å². The van der Waals surface area contributed by atoms with E-state index in [4.69, 9.17) is 5.11 Å². The molecule has 31 heavy (non-hydrogen) atoms. The van der Waals surface area contributed by atoms with Gasteiger partial charge in [0.1, 0.15) is 0 Å². The normalized spacial score (nSPS) is 13.4. The first kappa shape index (κ1) is 29.6. The Morgan fingerprint density at radius 1 is 0.742 bits per heavy atom. The van der Waals surface area contributed by atoms with Crippen LogP contribution in [0.2, 0.25) is 0 Å². The molecule has 5 nitrogen and oxygen atoms in total. The summed E-state index contributed by atoms with van der Waals surface area (Å²) in [7, 11) is 0. The number of nitrogens with one attached hydrogen (secondary N) is 1. The van der Waals surface area contributed by atoms with Gasteiger partial charge < -0.3 is 15.5 Å². The van der Waals surface area contributed by atoms with Crippen molar-refractivity contribution in [1.29, 1.82) is 0 Å². The van der Waals surface area contributed by atoms with Crippen molar-refractivity contribution in [3.05, 3.63) is 12.2 Å². The third kappa shape index (κ3) is 20.3. The molecule has 0 heterocycles. The smallest absolute Gasteiger partial charge is 0.328 e. The molecule has 0 aromatic heterocycles. The number of carboxylic acids is 1. The first-order valence-electron chi connectivity index (χ1n) is 12.8. The van der Waals surface area contributed by atoms with E-state index in [1.165, 1.54) is 96.8 Å². The Hall–Kier alpha value is -1.36. The zero-order chi connectivity index (χ0) is 23.2. The number of rotatable bonds is 22. The Labute approximate surface area is 191 Å². The number of aliphatic carboxylic acids is 1. The van der Waals surface area contributed by atoms with Crippen LogP contribution in [0.25, 0.3) is 0 Å². The Morgan fingerprint density at radius 3 is 1.58 bits per heavy atom. The van der Waals surface area contributed by atoms with E-state index in [0.29, 0.717) is 6.42 Å². The number of carboxylic acid groups (broad SMARTS) is 1. The Kier molecular flexibility index (Phi) is 20.9. The van der Waals surface area contributed by atoms with Gasteiger partial charge in [0.2, 0.25) is 5.91 Å². The van der Waals surface area contributed by atoms with E-state index >= 15 is 0 Å². The number of amides is 1. The number of hydrogen-bond donors (Lipinski definition) is 3. The molecule has 0 bridgehead atoms. The maximum absolute atomic E-state index is 11.8. The second-order valence-electron chi connectivity index (χ2n) is 8.87. The lowest BCUT2D eigenvalue weighted by Crippen LogP contribution is -2.47. The highest BCUT2D eigenvalue weighted by Gasteiger charge is 2.24. The van der Waals surface area contributed by atoms with Gasteiger partial charge in [-0.2, -0.15) is 0 Å². The molecule has 0 saturated heterocycles.